The van der Waals surface area contributed by atoms with Gasteiger partial charge in [0.25, 0.3) is 0 Å². The van der Waals surface area contributed by atoms with Gasteiger partial charge < -0.3 is 5.32 Å². The Morgan fingerprint density at radius 3 is 2.89 bits per heavy atom. The molecule has 1 heterocycles. The molecule has 2 aromatic rings. The predicted octanol–water partition coefficient (Wildman–Crippen LogP) is 4.13. The Hall–Kier alpha value is -1.20. The first-order chi connectivity index (χ1) is 8.63. The van der Waals surface area contributed by atoms with Crippen LogP contribution >= 0.6 is 27.5 Å². The van der Waals surface area contributed by atoms with Crippen LogP contribution in [0.25, 0.3) is 11.3 Å². The molecule has 3 nitrogen and oxygen atoms in total. The van der Waals surface area contributed by atoms with E-state index >= 15 is 0 Å². The Bertz CT molecular complexity index is 577. The summed E-state index contributed by atoms with van der Waals surface area (Å²) < 4.78 is 14.5. The van der Waals surface area contributed by atoms with Crippen molar-refractivity contribution in [2.75, 3.05) is 11.9 Å². The van der Waals surface area contributed by atoms with Crippen LogP contribution in [0.2, 0.25) is 5.02 Å². The van der Waals surface area contributed by atoms with Crippen LogP contribution in [0, 0.1) is 5.82 Å². The SMILES string of the molecule is CCNc1cc(-c2ccc(Br)c(Cl)c2F)ncn1. The minimum Gasteiger partial charge on any atom is -0.370 e. The molecule has 0 saturated heterocycles. The van der Waals surface area contributed by atoms with Crippen LogP contribution in [0.15, 0.2) is 29.0 Å². The third kappa shape index (κ3) is 2.62. The largest absolute Gasteiger partial charge is 0.370 e. The maximum Gasteiger partial charge on any atom is 0.152 e. The van der Waals surface area contributed by atoms with Gasteiger partial charge in [-0.1, -0.05) is 11.6 Å². The van der Waals surface area contributed by atoms with Gasteiger partial charge in [0.05, 0.1) is 10.7 Å². The van der Waals surface area contributed by atoms with Gasteiger partial charge in [-0.05, 0) is 35.0 Å². The Morgan fingerprint density at radius 2 is 2.17 bits per heavy atom. The van der Waals surface area contributed by atoms with E-state index in [1.54, 1.807) is 18.2 Å². The van der Waals surface area contributed by atoms with Gasteiger partial charge in [0.2, 0.25) is 0 Å². The summed E-state index contributed by atoms with van der Waals surface area (Å²) in [6.45, 7) is 2.69. The molecular weight excluding hydrogens is 321 g/mol. The second kappa shape index (κ2) is 5.63. The van der Waals surface area contributed by atoms with E-state index in [9.17, 15) is 4.39 Å². The van der Waals surface area contributed by atoms with Crippen molar-refractivity contribution >= 4 is 33.3 Å². The highest BCUT2D eigenvalue weighted by Gasteiger charge is 2.13. The minimum absolute atomic E-state index is 0.0520. The number of nitrogens with one attached hydrogen (secondary N) is 1. The zero-order chi connectivity index (χ0) is 13.1. The zero-order valence-electron chi connectivity index (χ0n) is 9.54. The molecule has 94 valence electrons. The van der Waals surface area contributed by atoms with Crippen molar-refractivity contribution < 1.29 is 4.39 Å². The van der Waals surface area contributed by atoms with Crippen molar-refractivity contribution in [1.82, 2.24) is 9.97 Å². The highest BCUT2D eigenvalue weighted by atomic mass is 79.9. The Morgan fingerprint density at radius 1 is 1.39 bits per heavy atom. The van der Waals surface area contributed by atoms with E-state index in [-0.39, 0.29) is 5.02 Å². The maximum absolute atomic E-state index is 14.0. The molecule has 18 heavy (non-hydrogen) atoms. The lowest BCUT2D eigenvalue weighted by atomic mass is 10.1. The van der Waals surface area contributed by atoms with Crippen LogP contribution in [0.1, 0.15) is 6.92 Å². The summed E-state index contributed by atoms with van der Waals surface area (Å²) in [5, 5.41) is 3.10. The van der Waals surface area contributed by atoms with E-state index in [0.717, 1.165) is 6.54 Å². The first-order valence-electron chi connectivity index (χ1n) is 5.33. The number of rotatable bonds is 3. The second-order valence-corrected chi connectivity index (χ2v) is 4.77. The quantitative estimate of drug-likeness (QED) is 0.860. The van der Waals surface area contributed by atoms with Crippen molar-refractivity contribution in [3.63, 3.8) is 0 Å². The van der Waals surface area contributed by atoms with Crippen LogP contribution in [0.4, 0.5) is 10.2 Å². The number of benzene rings is 1. The van der Waals surface area contributed by atoms with Crippen molar-refractivity contribution in [3.05, 3.63) is 39.8 Å². The number of nitrogens with zero attached hydrogens (tertiary/aromatic N) is 2. The van der Waals surface area contributed by atoms with Crippen LogP contribution in [0.5, 0.6) is 0 Å². The number of anilines is 1. The summed E-state index contributed by atoms with van der Waals surface area (Å²) in [5.41, 5.74) is 0.845. The summed E-state index contributed by atoms with van der Waals surface area (Å²) in [6.07, 6.45) is 1.39. The summed E-state index contributed by atoms with van der Waals surface area (Å²) in [6, 6.07) is 5.01. The van der Waals surface area contributed by atoms with Gasteiger partial charge in [-0.2, -0.15) is 0 Å². The number of hydrogen-bond acceptors (Lipinski definition) is 3. The van der Waals surface area contributed by atoms with Gasteiger partial charge in [-0.3, -0.25) is 0 Å². The highest BCUT2D eigenvalue weighted by molar-refractivity contribution is 9.10. The molecule has 2 rings (SSSR count). The summed E-state index contributed by atoms with van der Waals surface area (Å²) in [4.78, 5) is 8.10. The van der Waals surface area contributed by atoms with Crippen molar-refractivity contribution in [2.24, 2.45) is 0 Å². The summed E-state index contributed by atoms with van der Waals surface area (Å²) in [5.74, 6) is 0.160. The molecule has 0 aliphatic rings. The molecule has 0 spiro atoms. The molecule has 0 bridgehead atoms. The maximum atomic E-state index is 14.0. The predicted molar refractivity (Wildman–Crippen MR) is 74.3 cm³/mol. The van der Waals surface area contributed by atoms with E-state index in [1.165, 1.54) is 6.33 Å². The Kier molecular flexibility index (Phi) is 4.14. The van der Waals surface area contributed by atoms with Crippen molar-refractivity contribution in [3.8, 4) is 11.3 Å². The topological polar surface area (TPSA) is 37.8 Å². The molecule has 6 heteroatoms. The van der Waals surface area contributed by atoms with E-state index in [4.69, 9.17) is 11.6 Å². The molecule has 0 amide bonds. The van der Waals surface area contributed by atoms with Gasteiger partial charge in [-0.15, -0.1) is 0 Å². The van der Waals surface area contributed by atoms with Crippen LogP contribution in [-0.2, 0) is 0 Å². The molecule has 0 aliphatic heterocycles. The first-order valence-corrected chi connectivity index (χ1v) is 6.50. The number of aromatic nitrogens is 2. The molecule has 0 radical (unpaired) electrons. The van der Waals surface area contributed by atoms with Gasteiger partial charge in [0.15, 0.2) is 5.82 Å². The first kappa shape index (κ1) is 13.2. The zero-order valence-corrected chi connectivity index (χ0v) is 11.9. The van der Waals surface area contributed by atoms with Crippen LogP contribution in [-0.4, -0.2) is 16.5 Å². The Labute approximate surface area is 118 Å². The third-order valence-electron chi connectivity index (χ3n) is 2.34. The van der Waals surface area contributed by atoms with Crippen molar-refractivity contribution in [2.45, 2.75) is 6.92 Å². The Balaban J connectivity index is 2.48. The fraction of sp³-hybridized carbons (Fsp3) is 0.167. The fourth-order valence-corrected chi connectivity index (χ4v) is 1.98. The smallest absolute Gasteiger partial charge is 0.152 e. The van der Waals surface area contributed by atoms with Crippen molar-refractivity contribution in [1.29, 1.82) is 0 Å². The third-order valence-corrected chi connectivity index (χ3v) is 3.59. The average Bonchev–Trinajstić information content (AvgIpc) is 2.37. The highest BCUT2D eigenvalue weighted by Crippen LogP contribution is 2.32. The minimum atomic E-state index is -0.493. The monoisotopic (exact) mass is 329 g/mol. The van der Waals surface area contributed by atoms with Gasteiger partial charge in [0, 0.05) is 22.6 Å². The molecule has 0 fully saturated rings. The molecular formula is C12H10BrClFN3. The average molecular weight is 331 g/mol. The van der Waals surface area contributed by atoms with E-state index in [1.807, 2.05) is 6.92 Å². The molecule has 1 N–H and O–H groups in total. The lowest BCUT2D eigenvalue weighted by Gasteiger charge is -2.07. The van der Waals surface area contributed by atoms with Gasteiger partial charge >= 0.3 is 0 Å². The summed E-state index contributed by atoms with van der Waals surface area (Å²) in [7, 11) is 0. The van der Waals surface area contributed by atoms with Crippen LogP contribution in [0.3, 0.4) is 0 Å². The summed E-state index contributed by atoms with van der Waals surface area (Å²) >= 11 is 9.03. The molecule has 1 aromatic heterocycles. The second-order valence-electron chi connectivity index (χ2n) is 3.54. The number of halogens is 3. The molecule has 1 aromatic carbocycles. The van der Waals surface area contributed by atoms with E-state index in [0.29, 0.717) is 21.5 Å². The lowest BCUT2D eigenvalue weighted by molar-refractivity contribution is 0.630. The van der Waals surface area contributed by atoms with Crippen LogP contribution < -0.4 is 5.32 Å². The molecule has 0 unspecified atom stereocenters. The van der Waals surface area contributed by atoms with E-state index < -0.39 is 5.82 Å². The lowest BCUT2D eigenvalue weighted by Crippen LogP contribution is -2.00. The molecule has 0 atom stereocenters. The van der Waals surface area contributed by atoms with Gasteiger partial charge in [-0.25, -0.2) is 14.4 Å². The normalized spacial score (nSPS) is 10.4. The fourth-order valence-electron chi connectivity index (χ4n) is 1.51. The molecule has 0 saturated carbocycles. The molecule has 0 aliphatic carbocycles. The van der Waals surface area contributed by atoms with Gasteiger partial charge in [0.1, 0.15) is 12.1 Å². The van der Waals surface area contributed by atoms with E-state index in [2.05, 4.69) is 31.2 Å². The standard InChI is InChI=1S/C12H10BrClFN3/c1-2-16-10-5-9(17-6-18-10)7-3-4-8(13)11(14)12(7)15/h3-6H,2H2,1H3,(H,16,17,18). The number of hydrogen-bond donors (Lipinski definition) is 1.